The molecule has 37 heavy (non-hydrogen) atoms. The maximum atomic E-state index is 13.1. The molecular weight excluding hydrogens is 518 g/mol. The van der Waals surface area contributed by atoms with E-state index in [9.17, 15) is 24.6 Å². The van der Waals surface area contributed by atoms with Gasteiger partial charge in [-0.25, -0.2) is 14.6 Å². The zero-order valence-electron chi connectivity index (χ0n) is 21.2. The number of aromatic nitrogens is 1. The number of fused-ring (bicyclic) bond motifs is 1. The molecule has 4 atom stereocenters. The number of thiazole rings is 1. The Bertz CT molecular complexity index is 1080. The molecule has 12 heteroatoms. The highest BCUT2D eigenvalue weighted by Crippen LogP contribution is 2.51. The van der Waals surface area contributed by atoms with Crippen molar-refractivity contribution in [2.75, 3.05) is 13.8 Å². The predicted octanol–water partition coefficient (Wildman–Crippen LogP) is 3.31. The lowest BCUT2D eigenvalue weighted by molar-refractivity contribution is -0.166. The molecule has 1 aliphatic carbocycles. The normalized spacial score (nSPS) is 24.7. The van der Waals surface area contributed by atoms with E-state index in [0.717, 1.165) is 30.6 Å². The molecule has 1 saturated carbocycles. The molecule has 0 unspecified atom stereocenters. The van der Waals surface area contributed by atoms with E-state index < -0.39 is 30.9 Å². The molecule has 3 heterocycles. The number of β-lactam (4-membered cyclic amide) rings is 1. The van der Waals surface area contributed by atoms with Crippen molar-refractivity contribution in [3.05, 3.63) is 32.1 Å². The lowest BCUT2D eigenvalue weighted by Gasteiger charge is -2.46. The number of ether oxygens (including phenoxy) is 2. The summed E-state index contributed by atoms with van der Waals surface area (Å²) >= 11 is 2.66. The second-order valence-corrected chi connectivity index (χ2v) is 11.4. The van der Waals surface area contributed by atoms with Gasteiger partial charge in [0.2, 0.25) is 12.7 Å². The molecular formula is C25H33N3O7S2. The standard InChI is InChI=1S/C25H33N3O7S2/c1-14-20-19(15(2)30)23(31)28(20)21(22(14)36-10-9-18-17(11-29)26-12-37-18)24(32)34-13-35-25(33)27(3)16-7-5-4-6-8-16/h9-10,12,14-16,19-20,29-30H,4-8,11,13H2,1-3H3/t14-,15-,19-,20-/m1/s1. The van der Waals surface area contributed by atoms with Crippen LogP contribution in [0.3, 0.4) is 0 Å². The van der Waals surface area contributed by atoms with Gasteiger partial charge < -0.3 is 29.5 Å². The monoisotopic (exact) mass is 551 g/mol. The first-order chi connectivity index (χ1) is 17.8. The number of aliphatic hydroxyl groups excluding tert-OH is 2. The highest BCUT2D eigenvalue weighted by molar-refractivity contribution is 8.06. The number of amides is 2. The van der Waals surface area contributed by atoms with E-state index in [1.54, 1.807) is 35.9 Å². The number of carbonyl (C=O) groups is 3. The van der Waals surface area contributed by atoms with Crippen LogP contribution in [0.4, 0.5) is 4.79 Å². The summed E-state index contributed by atoms with van der Waals surface area (Å²) in [6, 6.07) is -0.241. The van der Waals surface area contributed by atoms with Gasteiger partial charge >= 0.3 is 12.1 Å². The van der Waals surface area contributed by atoms with Crippen molar-refractivity contribution < 1.29 is 34.1 Å². The van der Waals surface area contributed by atoms with Gasteiger partial charge in [-0.1, -0.05) is 37.9 Å². The van der Waals surface area contributed by atoms with Crippen LogP contribution in [-0.4, -0.2) is 75.0 Å². The Balaban J connectivity index is 1.45. The number of nitrogens with zero attached hydrogens (tertiary/aromatic N) is 3. The first kappa shape index (κ1) is 27.6. The second-order valence-electron chi connectivity index (χ2n) is 9.57. The van der Waals surface area contributed by atoms with Crippen molar-refractivity contribution in [2.45, 2.75) is 70.7 Å². The minimum atomic E-state index is -0.853. The summed E-state index contributed by atoms with van der Waals surface area (Å²) in [6.45, 7) is 2.73. The van der Waals surface area contributed by atoms with Crippen LogP contribution in [0, 0.1) is 11.8 Å². The summed E-state index contributed by atoms with van der Waals surface area (Å²) in [4.78, 5) is 46.9. The minimum Gasteiger partial charge on any atom is -0.423 e. The van der Waals surface area contributed by atoms with Gasteiger partial charge in [0.05, 0.1) is 40.8 Å². The van der Waals surface area contributed by atoms with Crippen LogP contribution in [0.25, 0.3) is 6.08 Å². The van der Waals surface area contributed by atoms with Crippen molar-refractivity contribution in [1.29, 1.82) is 0 Å². The van der Waals surface area contributed by atoms with Crippen molar-refractivity contribution >= 4 is 47.1 Å². The van der Waals surface area contributed by atoms with Gasteiger partial charge in [0.1, 0.15) is 5.70 Å². The van der Waals surface area contributed by atoms with Gasteiger partial charge in [-0.05, 0) is 31.2 Å². The number of esters is 1. The molecule has 3 aliphatic rings. The molecule has 1 aromatic rings. The van der Waals surface area contributed by atoms with E-state index in [4.69, 9.17) is 9.47 Å². The third kappa shape index (κ3) is 5.57. The number of thioether (sulfide) groups is 1. The molecule has 2 amide bonds. The first-order valence-corrected chi connectivity index (χ1v) is 14.2. The van der Waals surface area contributed by atoms with Crippen LogP contribution in [0.1, 0.15) is 56.5 Å². The number of rotatable bonds is 9. The molecule has 2 aliphatic heterocycles. The molecule has 2 N–H and O–H groups in total. The fourth-order valence-electron chi connectivity index (χ4n) is 5.29. The van der Waals surface area contributed by atoms with Crippen LogP contribution in [-0.2, 0) is 25.7 Å². The van der Waals surface area contributed by atoms with Crippen molar-refractivity contribution in [1.82, 2.24) is 14.8 Å². The van der Waals surface area contributed by atoms with E-state index in [1.807, 2.05) is 6.92 Å². The Morgan fingerprint density at radius 3 is 2.73 bits per heavy atom. The quantitative estimate of drug-likeness (QED) is 0.270. The van der Waals surface area contributed by atoms with E-state index >= 15 is 0 Å². The van der Waals surface area contributed by atoms with Crippen LogP contribution in [0.15, 0.2) is 21.5 Å². The number of carbonyl (C=O) groups excluding carboxylic acids is 3. The fraction of sp³-hybridized carbons (Fsp3) is 0.600. The Kier molecular flexibility index (Phi) is 8.94. The summed E-state index contributed by atoms with van der Waals surface area (Å²) in [7, 11) is 1.69. The third-order valence-corrected chi connectivity index (χ3v) is 9.25. The van der Waals surface area contributed by atoms with E-state index in [-0.39, 0.29) is 36.2 Å². The van der Waals surface area contributed by atoms with E-state index in [2.05, 4.69) is 4.98 Å². The molecule has 202 valence electrons. The topological polar surface area (TPSA) is 130 Å². The van der Waals surface area contributed by atoms with Gasteiger partial charge in [-0.15, -0.1) is 11.3 Å². The number of aliphatic hydroxyl groups is 2. The molecule has 0 radical (unpaired) electrons. The Hall–Kier alpha value is -2.41. The van der Waals surface area contributed by atoms with Gasteiger partial charge in [0.15, 0.2) is 0 Å². The summed E-state index contributed by atoms with van der Waals surface area (Å²) in [5.74, 6) is -1.92. The van der Waals surface area contributed by atoms with Crippen LogP contribution in [0.5, 0.6) is 0 Å². The Labute approximate surface area is 224 Å². The van der Waals surface area contributed by atoms with Crippen LogP contribution < -0.4 is 0 Å². The summed E-state index contributed by atoms with van der Waals surface area (Å²) in [5.41, 5.74) is 2.31. The van der Waals surface area contributed by atoms with E-state index in [1.165, 1.54) is 34.4 Å². The van der Waals surface area contributed by atoms with Gasteiger partial charge in [0, 0.05) is 23.9 Å². The molecule has 1 aromatic heterocycles. The lowest BCUT2D eigenvalue weighted by Crippen LogP contribution is -2.63. The summed E-state index contributed by atoms with van der Waals surface area (Å²) in [6.07, 6.45) is 5.55. The highest BCUT2D eigenvalue weighted by atomic mass is 32.2. The Morgan fingerprint density at radius 2 is 2.05 bits per heavy atom. The first-order valence-electron chi connectivity index (χ1n) is 12.4. The van der Waals surface area contributed by atoms with Crippen molar-refractivity contribution in [2.24, 2.45) is 11.8 Å². The van der Waals surface area contributed by atoms with Gasteiger partial charge in [0.25, 0.3) is 0 Å². The highest BCUT2D eigenvalue weighted by Gasteiger charge is 2.60. The zero-order valence-corrected chi connectivity index (χ0v) is 22.8. The predicted molar refractivity (Wildman–Crippen MR) is 139 cm³/mol. The van der Waals surface area contributed by atoms with Gasteiger partial charge in [-0.3, -0.25) is 4.79 Å². The molecule has 1 saturated heterocycles. The smallest absolute Gasteiger partial charge is 0.412 e. The second kappa shape index (κ2) is 12.0. The maximum absolute atomic E-state index is 13.1. The molecule has 4 rings (SSSR count). The zero-order chi connectivity index (χ0) is 26.7. The SMILES string of the molecule is C[C@@H](O)[C@H]1C(=O)N2C(C(=O)OCOC(=O)N(C)C3CCCCC3)=C(SC=Cc3scnc3CO)[C@H](C)[C@H]12. The van der Waals surface area contributed by atoms with Crippen molar-refractivity contribution in [3.63, 3.8) is 0 Å². The Morgan fingerprint density at radius 1 is 1.32 bits per heavy atom. The number of hydrogen-bond donors (Lipinski definition) is 2. The molecule has 0 spiro atoms. The fourth-order valence-corrected chi connectivity index (χ4v) is 7.07. The molecule has 0 bridgehead atoms. The average molecular weight is 552 g/mol. The van der Waals surface area contributed by atoms with Crippen LogP contribution in [0.2, 0.25) is 0 Å². The largest absolute Gasteiger partial charge is 0.423 e. The summed E-state index contributed by atoms with van der Waals surface area (Å²) in [5, 5.41) is 21.3. The third-order valence-electron chi connectivity index (χ3n) is 7.32. The van der Waals surface area contributed by atoms with Crippen molar-refractivity contribution in [3.8, 4) is 0 Å². The van der Waals surface area contributed by atoms with Gasteiger partial charge in [-0.2, -0.15) is 0 Å². The average Bonchev–Trinajstić information content (AvgIpc) is 3.44. The molecule has 2 fully saturated rings. The molecule has 0 aromatic carbocycles. The lowest BCUT2D eigenvalue weighted by atomic mass is 9.79. The van der Waals surface area contributed by atoms with Crippen LogP contribution >= 0.6 is 23.1 Å². The maximum Gasteiger partial charge on any atom is 0.412 e. The minimum absolute atomic E-state index is 0.109. The molecule has 10 nitrogen and oxygen atoms in total. The number of hydrogen-bond acceptors (Lipinski definition) is 10. The summed E-state index contributed by atoms with van der Waals surface area (Å²) < 4.78 is 10.5. The van der Waals surface area contributed by atoms with E-state index in [0.29, 0.717) is 10.6 Å².